The van der Waals surface area contributed by atoms with E-state index < -0.39 is 10.0 Å². The molecule has 0 amide bonds. The molecular formula is C7H6Cl2KNO2S. The van der Waals surface area contributed by atoms with Crippen LogP contribution in [0.1, 0.15) is 5.56 Å². The maximum Gasteiger partial charge on any atom is 1.00 e. The second-order valence-electron chi connectivity index (χ2n) is 2.45. The van der Waals surface area contributed by atoms with E-state index in [-0.39, 0.29) is 56.3 Å². The summed E-state index contributed by atoms with van der Waals surface area (Å²) in [6, 6.07) is 4.39. The Morgan fingerprint density at radius 2 is 1.93 bits per heavy atom. The largest absolute Gasteiger partial charge is 1.00 e. The molecule has 0 bridgehead atoms. The number of rotatable bonds is 2. The van der Waals surface area contributed by atoms with Gasteiger partial charge in [-0.25, -0.2) is 8.42 Å². The Morgan fingerprint density at radius 1 is 1.36 bits per heavy atom. The van der Waals surface area contributed by atoms with E-state index in [2.05, 4.69) is 4.24 Å². The smallest absolute Gasteiger partial charge is 0.458 e. The van der Waals surface area contributed by atoms with E-state index in [0.29, 0.717) is 10.6 Å². The van der Waals surface area contributed by atoms with E-state index in [1.165, 1.54) is 18.2 Å². The standard InChI is InChI=1S/C7H6Cl2NO2S.K/c1-5-4-6(8)2-3-7(5)13(11,12)10-9;/h2-4H,1H3;/q-1;+1. The molecule has 0 aliphatic rings. The van der Waals surface area contributed by atoms with Gasteiger partial charge in [-0.05, 0) is 30.7 Å². The molecule has 0 spiro atoms. The Hall–Kier alpha value is 1.35. The fourth-order valence-corrected chi connectivity index (χ4v) is 2.17. The number of sulfonamides is 1. The van der Waals surface area contributed by atoms with Crippen LogP contribution >= 0.6 is 23.4 Å². The fraction of sp³-hybridized carbons (Fsp3) is 0.143. The van der Waals surface area contributed by atoms with Crippen LogP contribution in [0.5, 0.6) is 0 Å². The first kappa shape index (κ1) is 15.3. The minimum atomic E-state index is -3.71. The van der Waals surface area contributed by atoms with E-state index >= 15 is 0 Å². The van der Waals surface area contributed by atoms with Gasteiger partial charge in [0.1, 0.15) is 10.0 Å². The van der Waals surface area contributed by atoms with Crippen LogP contribution in [-0.2, 0) is 10.0 Å². The molecule has 0 fully saturated rings. The average molecular weight is 278 g/mol. The number of hydrogen-bond donors (Lipinski definition) is 0. The molecule has 0 radical (unpaired) electrons. The van der Waals surface area contributed by atoms with Crippen molar-refractivity contribution >= 4 is 33.4 Å². The van der Waals surface area contributed by atoms with E-state index in [4.69, 9.17) is 23.4 Å². The molecule has 0 saturated heterocycles. The number of hydrogen-bond acceptors (Lipinski definition) is 2. The average Bonchev–Trinajstić information content (AvgIpc) is 2.03. The van der Waals surface area contributed by atoms with E-state index in [9.17, 15) is 8.42 Å². The molecule has 72 valence electrons. The second-order valence-corrected chi connectivity index (χ2v) is 4.83. The van der Waals surface area contributed by atoms with Gasteiger partial charge in [0.25, 0.3) is 0 Å². The third-order valence-electron chi connectivity index (χ3n) is 1.51. The van der Waals surface area contributed by atoms with Crippen molar-refractivity contribution in [1.82, 2.24) is 0 Å². The molecule has 0 saturated carbocycles. The van der Waals surface area contributed by atoms with Gasteiger partial charge in [-0.3, -0.25) is 11.8 Å². The number of nitrogens with zero attached hydrogens (tertiary/aromatic N) is 1. The Bertz CT molecular complexity index is 422. The molecule has 0 unspecified atom stereocenters. The SMILES string of the molecule is Cc1cc(Cl)ccc1S(=O)(=O)[N-]Cl.[K+]. The van der Waals surface area contributed by atoms with Crippen molar-refractivity contribution in [2.45, 2.75) is 11.8 Å². The quantitative estimate of drug-likeness (QED) is 0.707. The van der Waals surface area contributed by atoms with Crippen molar-refractivity contribution in [3.63, 3.8) is 0 Å². The summed E-state index contributed by atoms with van der Waals surface area (Å²) < 4.78 is 25.2. The topological polar surface area (TPSA) is 48.2 Å². The van der Waals surface area contributed by atoms with Gasteiger partial charge >= 0.3 is 51.4 Å². The molecule has 0 aliphatic heterocycles. The molecule has 0 heterocycles. The van der Waals surface area contributed by atoms with Crippen molar-refractivity contribution in [3.8, 4) is 0 Å². The van der Waals surface area contributed by atoms with Gasteiger partial charge in [0.15, 0.2) is 0 Å². The molecule has 0 aliphatic carbocycles. The predicted octanol–water partition coefficient (Wildman–Crippen LogP) is -0.131. The normalized spacial score (nSPS) is 10.8. The van der Waals surface area contributed by atoms with Crippen LogP contribution in [0.15, 0.2) is 23.1 Å². The Labute approximate surface area is 136 Å². The molecule has 0 aromatic heterocycles. The van der Waals surface area contributed by atoms with Crippen molar-refractivity contribution in [2.24, 2.45) is 0 Å². The van der Waals surface area contributed by atoms with Gasteiger partial charge in [-0.2, -0.15) is 0 Å². The zero-order chi connectivity index (χ0) is 10.1. The summed E-state index contributed by atoms with van der Waals surface area (Å²) in [4.78, 5) is 0.0758. The van der Waals surface area contributed by atoms with E-state index in [0.717, 1.165) is 0 Å². The zero-order valence-corrected chi connectivity index (χ0v) is 13.1. The first-order valence-corrected chi connectivity index (χ1v) is 5.47. The minimum absolute atomic E-state index is 0. The van der Waals surface area contributed by atoms with Crippen molar-refractivity contribution in [3.05, 3.63) is 33.0 Å². The summed E-state index contributed by atoms with van der Waals surface area (Å²) in [5.41, 5.74) is 0.525. The van der Waals surface area contributed by atoms with Gasteiger partial charge in [-0.1, -0.05) is 11.6 Å². The Kier molecular flexibility index (Phi) is 6.77. The number of halogens is 2. The third-order valence-corrected chi connectivity index (χ3v) is 3.48. The first-order chi connectivity index (χ1) is 5.97. The molecule has 1 aromatic carbocycles. The van der Waals surface area contributed by atoms with Crippen LogP contribution in [0.4, 0.5) is 0 Å². The van der Waals surface area contributed by atoms with Crippen LogP contribution in [-0.4, -0.2) is 8.42 Å². The van der Waals surface area contributed by atoms with Gasteiger partial charge in [-0.15, -0.1) is 0 Å². The minimum Gasteiger partial charge on any atom is -0.458 e. The number of aryl methyl sites for hydroxylation is 1. The zero-order valence-electron chi connectivity index (χ0n) is 7.66. The summed E-state index contributed by atoms with van der Waals surface area (Å²) in [6.45, 7) is 1.63. The van der Waals surface area contributed by atoms with Crippen molar-refractivity contribution < 1.29 is 59.8 Å². The van der Waals surface area contributed by atoms with Crippen LogP contribution in [0.2, 0.25) is 5.02 Å². The Morgan fingerprint density at radius 3 is 2.36 bits per heavy atom. The third kappa shape index (κ3) is 3.73. The fourth-order valence-electron chi connectivity index (χ4n) is 0.939. The first-order valence-electron chi connectivity index (χ1n) is 3.32. The molecule has 0 atom stereocenters. The van der Waals surface area contributed by atoms with E-state index in [1.54, 1.807) is 6.92 Å². The molecule has 14 heavy (non-hydrogen) atoms. The molecule has 7 heteroatoms. The van der Waals surface area contributed by atoms with Crippen LogP contribution < -0.4 is 51.4 Å². The molecule has 3 nitrogen and oxygen atoms in total. The summed E-state index contributed by atoms with van der Waals surface area (Å²) >= 11 is 10.6. The van der Waals surface area contributed by atoms with Crippen molar-refractivity contribution in [2.75, 3.05) is 0 Å². The molecular weight excluding hydrogens is 272 g/mol. The van der Waals surface area contributed by atoms with Crippen LogP contribution in [0, 0.1) is 6.92 Å². The van der Waals surface area contributed by atoms with Crippen LogP contribution in [0.25, 0.3) is 4.24 Å². The Balaban J connectivity index is 0.00000169. The molecule has 0 N–H and O–H groups in total. The van der Waals surface area contributed by atoms with Gasteiger partial charge in [0, 0.05) is 5.02 Å². The summed E-state index contributed by atoms with van der Waals surface area (Å²) in [5.74, 6) is 0. The number of benzene rings is 1. The van der Waals surface area contributed by atoms with Gasteiger partial charge < -0.3 is 4.24 Å². The second kappa shape index (κ2) is 6.17. The van der Waals surface area contributed by atoms with E-state index in [1.807, 2.05) is 0 Å². The predicted molar refractivity (Wildman–Crippen MR) is 52.6 cm³/mol. The maximum atomic E-state index is 11.2. The summed E-state index contributed by atoms with van der Waals surface area (Å²) in [5, 5.41) is 0.478. The monoisotopic (exact) mass is 277 g/mol. The maximum absolute atomic E-state index is 11.2. The van der Waals surface area contributed by atoms with Crippen LogP contribution in [0.3, 0.4) is 0 Å². The summed E-state index contributed by atoms with van der Waals surface area (Å²) in [6.07, 6.45) is 0. The summed E-state index contributed by atoms with van der Waals surface area (Å²) in [7, 11) is -3.71. The van der Waals surface area contributed by atoms with Gasteiger partial charge in [0.2, 0.25) is 0 Å². The molecule has 1 rings (SSSR count). The van der Waals surface area contributed by atoms with Crippen molar-refractivity contribution in [1.29, 1.82) is 0 Å². The van der Waals surface area contributed by atoms with Gasteiger partial charge in [0.05, 0.1) is 4.90 Å². The molecule has 1 aromatic rings.